The number of carbonyl (C=O) groups is 2. The first-order chi connectivity index (χ1) is 24.6. The van der Waals surface area contributed by atoms with Gasteiger partial charge in [-0.15, -0.1) is 0 Å². The Morgan fingerprint density at radius 2 is 1.92 bits per heavy atom. The number of carboxylic acid groups (broad SMARTS) is 1. The van der Waals surface area contributed by atoms with E-state index in [9.17, 15) is 14.7 Å². The van der Waals surface area contributed by atoms with E-state index in [1.807, 2.05) is 4.57 Å². The molecule has 0 bridgehead atoms. The van der Waals surface area contributed by atoms with E-state index in [1.54, 1.807) is 42.3 Å². The summed E-state index contributed by atoms with van der Waals surface area (Å²) < 4.78 is 46.1. The number of halogens is 3. The Balaban J connectivity index is 1.05. The van der Waals surface area contributed by atoms with Crippen LogP contribution in [0, 0.1) is 11.6 Å². The van der Waals surface area contributed by atoms with Gasteiger partial charge in [0, 0.05) is 61.8 Å². The number of aryl methyl sites for hydroxylation is 1. The first kappa shape index (κ1) is 33.8. The summed E-state index contributed by atoms with van der Waals surface area (Å²) in [5.41, 5.74) is 2.83. The monoisotopic (exact) mass is 713 g/mol. The molecule has 1 saturated heterocycles. The molecule has 1 aliphatic rings. The van der Waals surface area contributed by atoms with Crippen LogP contribution in [0.5, 0.6) is 5.88 Å². The predicted octanol–water partition coefficient (Wildman–Crippen LogP) is 5.75. The molecule has 0 spiro atoms. The van der Waals surface area contributed by atoms with E-state index in [0.29, 0.717) is 35.6 Å². The van der Waals surface area contributed by atoms with Gasteiger partial charge in [-0.25, -0.2) is 23.5 Å². The normalized spacial score (nSPS) is 14.0. The number of nitrogens with zero attached hydrogens (tertiary/aromatic N) is 6. The van der Waals surface area contributed by atoms with Crippen molar-refractivity contribution in [3.8, 4) is 17.1 Å². The van der Waals surface area contributed by atoms with Gasteiger partial charge in [0.15, 0.2) is 0 Å². The van der Waals surface area contributed by atoms with Gasteiger partial charge in [0.1, 0.15) is 29.8 Å². The molecule has 0 saturated carbocycles. The van der Waals surface area contributed by atoms with Gasteiger partial charge in [-0.05, 0) is 54.4 Å². The number of amides is 1. The summed E-state index contributed by atoms with van der Waals surface area (Å²) in [5, 5.41) is 16.6. The molecule has 0 unspecified atom stereocenters. The molecule has 51 heavy (non-hydrogen) atoms. The number of carbonyl (C=O) groups excluding carboxylic acids is 1. The van der Waals surface area contributed by atoms with Gasteiger partial charge in [0.2, 0.25) is 5.88 Å². The highest BCUT2D eigenvalue weighted by Crippen LogP contribution is 2.29. The number of benzene rings is 2. The van der Waals surface area contributed by atoms with Crippen LogP contribution in [0.3, 0.4) is 0 Å². The van der Waals surface area contributed by atoms with Crippen LogP contribution < -0.4 is 10.1 Å². The lowest BCUT2D eigenvalue weighted by Gasteiger charge is -2.27. The van der Waals surface area contributed by atoms with Crippen molar-refractivity contribution >= 4 is 34.5 Å². The zero-order valence-corrected chi connectivity index (χ0v) is 27.9. The van der Waals surface area contributed by atoms with Crippen LogP contribution in [0.15, 0.2) is 73.2 Å². The van der Waals surface area contributed by atoms with Gasteiger partial charge < -0.3 is 24.5 Å². The number of hydrogen-bond donors (Lipinski definition) is 2. The Morgan fingerprint density at radius 1 is 1.08 bits per heavy atom. The molecule has 5 heterocycles. The van der Waals surface area contributed by atoms with Crippen molar-refractivity contribution in [3.63, 3.8) is 0 Å². The SMILES string of the molecule is Cn1cc(CNC(=O)c2cc(Cl)c(COc3cccc(-c4cc(F)c(Cc5nc6ccc(C(=O)O)cc6n5C[C@@H]5CCO5)cc4F)n3)cn2)cn1. The summed E-state index contributed by atoms with van der Waals surface area (Å²) in [5.74, 6) is -2.25. The van der Waals surface area contributed by atoms with Crippen LogP contribution in [-0.2, 0) is 37.9 Å². The van der Waals surface area contributed by atoms with Gasteiger partial charge in [-0.2, -0.15) is 5.10 Å². The van der Waals surface area contributed by atoms with E-state index in [-0.39, 0.29) is 64.7 Å². The Labute approximate surface area is 294 Å². The average Bonchev–Trinajstić information content (AvgIpc) is 3.67. The summed E-state index contributed by atoms with van der Waals surface area (Å²) in [6, 6.07) is 12.9. The molecule has 0 radical (unpaired) electrons. The average molecular weight is 714 g/mol. The number of nitrogens with one attached hydrogen (secondary N) is 1. The molecule has 1 atom stereocenters. The Morgan fingerprint density at radius 3 is 2.65 bits per heavy atom. The molecule has 12 nitrogen and oxygen atoms in total. The van der Waals surface area contributed by atoms with Gasteiger partial charge in [-0.1, -0.05) is 17.7 Å². The number of aromatic carboxylic acids is 1. The molecule has 15 heteroatoms. The number of pyridine rings is 2. The number of rotatable bonds is 12. The smallest absolute Gasteiger partial charge is 0.335 e. The summed E-state index contributed by atoms with van der Waals surface area (Å²) in [7, 11) is 1.78. The van der Waals surface area contributed by atoms with Crippen molar-refractivity contribution in [2.75, 3.05) is 6.61 Å². The molecule has 1 aliphatic heterocycles. The quantitative estimate of drug-likeness (QED) is 0.162. The molecular weight excluding hydrogens is 684 g/mol. The molecule has 0 aliphatic carbocycles. The molecule has 7 rings (SSSR count). The van der Waals surface area contributed by atoms with Gasteiger partial charge in [0.25, 0.3) is 5.91 Å². The molecule has 2 aromatic carbocycles. The fourth-order valence-corrected chi connectivity index (χ4v) is 5.90. The van der Waals surface area contributed by atoms with E-state index in [4.69, 9.17) is 21.1 Å². The molecule has 2 N–H and O–H groups in total. The summed E-state index contributed by atoms with van der Waals surface area (Å²) in [6.45, 7) is 1.26. The van der Waals surface area contributed by atoms with E-state index < -0.39 is 23.5 Å². The molecule has 1 fully saturated rings. The second-order valence-corrected chi connectivity index (χ2v) is 12.5. The fraction of sp³-hybridized carbons (Fsp3) is 0.222. The first-order valence-electron chi connectivity index (χ1n) is 15.9. The van der Waals surface area contributed by atoms with Crippen molar-refractivity contribution in [1.29, 1.82) is 0 Å². The lowest BCUT2D eigenvalue weighted by Crippen LogP contribution is -2.31. The molecule has 1 amide bonds. The lowest BCUT2D eigenvalue weighted by molar-refractivity contribution is -0.0589. The van der Waals surface area contributed by atoms with Gasteiger partial charge in [-0.3, -0.25) is 14.5 Å². The maximum absolute atomic E-state index is 15.6. The maximum Gasteiger partial charge on any atom is 0.335 e. The molecule has 260 valence electrons. The zero-order valence-electron chi connectivity index (χ0n) is 27.1. The predicted molar refractivity (Wildman–Crippen MR) is 181 cm³/mol. The number of ether oxygens (including phenoxy) is 2. The molecule has 6 aromatic rings. The van der Waals surface area contributed by atoms with E-state index in [1.165, 1.54) is 30.5 Å². The van der Waals surface area contributed by atoms with Crippen molar-refractivity contribution < 1.29 is 33.0 Å². The number of fused-ring (bicyclic) bond motifs is 1. The molecule has 4 aromatic heterocycles. The second-order valence-electron chi connectivity index (χ2n) is 12.0. The highest BCUT2D eigenvalue weighted by molar-refractivity contribution is 6.31. The van der Waals surface area contributed by atoms with Crippen LogP contribution in [-0.4, -0.2) is 59.0 Å². The van der Waals surface area contributed by atoms with Crippen LogP contribution in [0.25, 0.3) is 22.3 Å². The van der Waals surface area contributed by atoms with Gasteiger partial charge >= 0.3 is 5.97 Å². The minimum Gasteiger partial charge on any atom is -0.478 e. The number of carboxylic acids is 1. The number of hydrogen-bond acceptors (Lipinski definition) is 8. The highest BCUT2D eigenvalue weighted by Gasteiger charge is 2.24. The van der Waals surface area contributed by atoms with Crippen LogP contribution in [0.2, 0.25) is 5.02 Å². The van der Waals surface area contributed by atoms with Crippen molar-refractivity contribution in [2.45, 2.75) is 38.6 Å². The third kappa shape index (κ3) is 7.42. The number of imidazole rings is 1. The van der Waals surface area contributed by atoms with E-state index in [2.05, 4.69) is 25.4 Å². The van der Waals surface area contributed by atoms with Crippen LogP contribution in [0.4, 0.5) is 8.78 Å². The van der Waals surface area contributed by atoms with Crippen LogP contribution in [0.1, 0.15) is 49.8 Å². The maximum atomic E-state index is 15.6. The highest BCUT2D eigenvalue weighted by atomic mass is 35.5. The Bertz CT molecular complexity index is 2290. The zero-order chi connectivity index (χ0) is 35.6. The fourth-order valence-electron chi connectivity index (χ4n) is 5.69. The van der Waals surface area contributed by atoms with E-state index in [0.717, 1.165) is 24.1 Å². The minimum absolute atomic E-state index is 0.0385. The summed E-state index contributed by atoms with van der Waals surface area (Å²) in [4.78, 5) is 37.4. The number of aromatic nitrogens is 6. The van der Waals surface area contributed by atoms with Crippen molar-refractivity contribution in [1.82, 2.24) is 34.6 Å². The largest absolute Gasteiger partial charge is 0.478 e. The molecular formula is C36H30ClF2N7O5. The van der Waals surface area contributed by atoms with Crippen molar-refractivity contribution in [2.24, 2.45) is 7.05 Å². The topological polar surface area (TPSA) is 146 Å². The third-order valence-corrected chi connectivity index (χ3v) is 8.84. The third-order valence-electron chi connectivity index (χ3n) is 8.49. The minimum atomic E-state index is -1.08. The van der Waals surface area contributed by atoms with Gasteiger partial charge in [0.05, 0.1) is 46.2 Å². The Hall–Kier alpha value is -5.73. The summed E-state index contributed by atoms with van der Waals surface area (Å²) in [6.07, 6.45) is 5.58. The standard InChI is InChI=1S/C36H30ClF2N7O5/c1-45-17-20(15-42-45)14-41-35(47)31-13-26(37)23(16-40-31)19-51-34-4-2-3-29(44-34)25-12-27(38)22(9-28(25)39)11-33-43-30-6-5-21(36(48)49)10-32(30)46(33)18-24-7-8-50-24/h2-6,9-10,12-13,15-17,24H,7-8,11,14,18-19H2,1H3,(H,41,47)(H,48,49)/t24-/m0/s1. The van der Waals surface area contributed by atoms with Crippen LogP contribution >= 0.6 is 11.6 Å². The van der Waals surface area contributed by atoms with E-state index >= 15 is 8.78 Å². The lowest BCUT2D eigenvalue weighted by atomic mass is 10.0. The second kappa shape index (κ2) is 14.2. The first-order valence-corrected chi connectivity index (χ1v) is 16.3. The summed E-state index contributed by atoms with van der Waals surface area (Å²) >= 11 is 6.42. The van der Waals surface area contributed by atoms with Crippen molar-refractivity contribution in [3.05, 3.63) is 124 Å². The Kier molecular flexibility index (Phi) is 9.43.